The van der Waals surface area contributed by atoms with Gasteiger partial charge in [0.25, 0.3) is 10.0 Å². The zero-order valence-electron chi connectivity index (χ0n) is 11.8. The number of halogens is 1. The number of hydrogen-bond acceptors (Lipinski definition) is 5. The predicted octanol–water partition coefficient (Wildman–Crippen LogP) is 2.07. The maximum atomic E-state index is 13.3. The molecule has 0 aliphatic rings. The zero-order chi connectivity index (χ0) is 16.6. The van der Waals surface area contributed by atoms with E-state index < -0.39 is 21.6 Å². The van der Waals surface area contributed by atoms with Crippen LogP contribution in [0.2, 0.25) is 0 Å². The first-order valence-electron chi connectivity index (χ1n) is 6.38. The van der Waals surface area contributed by atoms with Gasteiger partial charge in [-0.3, -0.25) is 9.71 Å². The molecule has 0 unspecified atom stereocenters. The molecule has 0 spiro atoms. The minimum Gasteiger partial charge on any atom is -0.495 e. The summed E-state index contributed by atoms with van der Waals surface area (Å²) in [4.78, 5) is 13.4. The van der Waals surface area contributed by atoms with Crippen LogP contribution in [-0.4, -0.2) is 20.5 Å². The second-order valence-electron chi connectivity index (χ2n) is 4.62. The van der Waals surface area contributed by atoms with Crippen LogP contribution in [-0.2, 0) is 10.0 Å². The van der Waals surface area contributed by atoms with Crippen molar-refractivity contribution < 1.29 is 22.0 Å². The highest BCUT2D eigenvalue weighted by Crippen LogP contribution is 2.28. The lowest BCUT2D eigenvalue weighted by Gasteiger charge is -2.11. The number of fused-ring (bicyclic) bond motifs is 1. The molecule has 120 valence electrons. The Labute approximate surface area is 129 Å². The summed E-state index contributed by atoms with van der Waals surface area (Å²) in [5.41, 5.74) is 0.435. The van der Waals surface area contributed by atoms with E-state index in [9.17, 15) is 17.6 Å². The van der Waals surface area contributed by atoms with E-state index in [1.165, 1.54) is 31.4 Å². The van der Waals surface area contributed by atoms with Crippen molar-refractivity contribution in [1.29, 1.82) is 0 Å². The third kappa shape index (κ3) is 2.90. The summed E-state index contributed by atoms with van der Waals surface area (Å²) >= 11 is 0. The first-order chi connectivity index (χ1) is 10.9. The van der Waals surface area contributed by atoms with Crippen molar-refractivity contribution >= 4 is 26.8 Å². The normalized spacial score (nSPS) is 11.6. The van der Waals surface area contributed by atoms with Crippen LogP contribution < -0.4 is 15.2 Å². The fraction of sp³-hybridized carbons (Fsp3) is 0.0714. The number of anilines is 1. The highest BCUT2D eigenvalue weighted by Gasteiger charge is 2.18. The third-order valence-electron chi connectivity index (χ3n) is 3.11. The summed E-state index contributed by atoms with van der Waals surface area (Å²) in [5.74, 6) is -1.13. The fourth-order valence-electron chi connectivity index (χ4n) is 2.06. The van der Waals surface area contributed by atoms with Gasteiger partial charge in [-0.25, -0.2) is 17.6 Å². The van der Waals surface area contributed by atoms with Gasteiger partial charge in [0.1, 0.15) is 11.6 Å². The van der Waals surface area contributed by atoms with Crippen LogP contribution in [0.5, 0.6) is 5.75 Å². The van der Waals surface area contributed by atoms with Crippen molar-refractivity contribution in [2.75, 3.05) is 11.8 Å². The predicted molar refractivity (Wildman–Crippen MR) is 80.6 cm³/mol. The average Bonchev–Trinajstić information content (AvgIpc) is 2.86. The van der Waals surface area contributed by atoms with E-state index in [1.54, 1.807) is 0 Å². The molecular weight excluding hydrogens is 327 g/mol. The molecule has 7 nitrogen and oxygen atoms in total. The minimum atomic E-state index is -4.02. The number of nitrogens with one attached hydrogen (secondary N) is 2. The quantitative estimate of drug-likeness (QED) is 0.758. The molecule has 2 aromatic carbocycles. The Morgan fingerprint density at radius 1 is 1.22 bits per heavy atom. The Kier molecular flexibility index (Phi) is 3.57. The minimum absolute atomic E-state index is 0.0388. The average molecular weight is 338 g/mol. The summed E-state index contributed by atoms with van der Waals surface area (Å²) in [7, 11) is -2.68. The molecular formula is C14H11FN2O5S. The van der Waals surface area contributed by atoms with E-state index in [2.05, 4.69) is 9.71 Å². The largest absolute Gasteiger partial charge is 0.495 e. The molecule has 0 aliphatic heterocycles. The van der Waals surface area contributed by atoms with E-state index >= 15 is 0 Å². The van der Waals surface area contributed by atoms with Crippen LogP contribution >= 0.6 is 0 Å². The van der Waals surface area contributed by atoms with Crippen LogP contribution in [0.4, 0.5) is 10.1 Å². The molecule has 0 radical (unpaired) electrons. The highest BCUT2D eigenvalue weighted by molar-refractivity contribution is 7.92. The van der Waals surface area contributed by atoms with E-state index in [0.29, 0.717) is 5.52 Å². The fourth-order valence-corrected chi connectivity index (χ4v) is 3.13. The highest BCUT2D eigenvalue weighted by atomic mass is 32.2. The van der Waals surface area contributed by atoms with Crippen molar-refractivity contribution in [3.8, 4) is 5.75 Å². The Hall–Kier alpha value is -2.81. The van der Waals surface area contributed by atoms with Crippen LogP contribution in [0.15, 0.2) is 50.5 Å². The van der Waals surface area contributed by atoms with Crippen LogP contribution in [0.25, 0.3) is 11.1 Å². The molecule has 3 aromatic rings. The van der Waals surface area contributed by atoms with E-state index in [0.717, 1.165) is 12.1 Å². The van der Waals surface area contributed by atoms with Crippen LogP contribution in [0, 0.1) is 5.82 Å². The van der Waals surface area contributed by atoms with Crippen molar-refractivity contribution in [2.45, 2.75) is 4.90 Å². The lowest BCUT2D eigenvalue weighted by Crippen LogP contribution is -2.13. The van der Waals surface area contributed by atoms with Gasteiger partial charge in [0.05, 0.1) is 23.2 Å². The van der Waals surface area contributed by atoms with Crippen molar-refractivity contribution in [3.05, 3.63) is 52.8 Å². The van der Waals surface area contributed by atoms with Gasteiger partial charge in [0.15, 0.2) is 5.58 Å². The van der Waals surface area contributed by atoms with Crippen molar-refractivity contribution in [1.82, 2.24) is 4.98 Å². The van der Waals surface area contributed by atoms with E-state index in [1.807, 2.05) is 0 Å². The smallest absolute Gasteiger partial charge is 0.417 e. The summed E-state index contributed by atoms with van der Waals surface area (Å²) in [6, 6.07) is 7.35. The number of aromatic nitrogens is 1. The summed E-state index contributed by atoms with van der Waals surface area (Å²) in [6.07, 6.45) is 0. The van der Waals surface area contributed by atoms with Gasteiger partial charge in [-0.15, -0.1) is 0 Å². The van der Waals surface area contributed by atoms with Gasteiger partial charge in [-0.05, 0) is 24.3 Å². The Morgan fingerprint density at radius 2 is 2.00 bits per heavy atom. The number of hydrogen-bond donors (Lipinski definition) is 2. The number of sulfonamides is 1. The number of aromatic amines is 1. The number of rotatable bonds is 4. The molecule has 0 atom stereocenters. The summed E-state index contributed by atoms with van der Waals surface area (Å²) < 4.78 is 50.2. The first kappa shape index (κ1) is 15.1. The number of ether oxygens (including phenoxy) is 1. The maximum Gasteiger partial charge on any atom is 0.417 e. The van der Waals surface area contributed by atoms with E-state index in [4.69, 9.17) is 9.15 Å². The van der Waals surface area contributed by atoms with Gasteiger partial charge in [-0.1, -0.05) is 0 Å². The second kappa shape index (κ2) is 5.43. The van der Waals surface area contributed by atoms with Crippen molar-refractivity contribution in [2.24, 2.45) is 0 Å². The van der Waals surface area contributed by atoms with Gasteiger partial charge in [-0.2, -0.15) is 0 Å². The molecule has 3 rings (SSSR count). The lowest BCUT2D eigenvalue weighted by molar-refractivity contribution is 0.416. The Balaban J connectivity index is 2.03. The lowest BCUT2D eigenvalue weighted by atomic mass is 10.3. The van der Waals surface area contributed by atoms with Gasteiger partial charge in [0, 0.05) is 12.1 Å². The molecule has 1 heterocycles. The number of methoxy groups -OCH3 is 1. The molecule has 0 aliphatic carbocycles. The summed E-state index contributed by atoms with van der Waals surface area (Å²) in [5, 5.41) is 0. The monoisotopic (exact) mass is 338 g/mol. The second-order valence-corrected chi connectivity index (χ2v) is 6.30. The molecule has 0 amide bonds. The Morgan fingerprint density at radius 3 is 2.74 bits per heavy atom. The first-order valence-corrected chi connectivity index (χ1v) is 7.86. The topological polar surface area (TPSA) is 101 Å². The third-order valence-corrected chi connectivity index (χ3v) is 4.47. The number of oxazole rings is 1. The zero-order valence-corrected chi connectivity index (χ0v) is 12.6. The molecule has 9 heteroatoms. The number of H-pyrrole nitrogens is 1. The maximum absolute atomic E-state index is 13.3. The van der Waals surface area contributed by atoms with Gasteiger partial charge < -0.3 is 9.15 Å². The molecule has 1 aromatic heterocycles. The van der Waals surface area contributed by atoms with Gasteiger partial charge >= 0.3 is 5.76 Å². The number of benzene rings is 2. The summed E-state index contributed by atoms with van der Waals surface area (Å²) in [6.45, 7) is 0. The molecule has 0 saturated carbocycles. The van der Waals surface area contributed by atoms with Crippen LogP contribution in [0.1, 0.15) is 0 Å². The Bertz CT molecular complexity index is 1040. The standard InChI is InChI=1S/C14H11FN2O5S/c1-21-12-5-2-8(15)6-11(12)17-23(19,20)9-3-4-10-13(7-9)22-14(18)16-10/h2-7,17H,1H3,(H,16,18). The molecule has 0 fully saturated rings. The van der Waals surface area contributed by atoms with Crippen LogP contribution in [0.3, 0.4) is 0 Å². The SMILES string of the molecule is COc1ccc(F)cc1NS(=O)(=O)c1ccc2[nH]c(=O)oc2c1. The molecule has 2 N–H and O–H groups in total. The molecule has 0 bridgehead atoms. The van der Waals surface area contributed by atoms with Crippen molar-refractivity contribution in [3.63, 3.8) is 0 Å². The van der Waals surface area contributed by atoms with E-state index in [-0.39, 0.29) is 21.9 Å². The molecule has 0 saturated heterocycles. The molecule has 23 heavy (non-hydrogen) atoms. The van der Waals surface area contributed by atoms with Gasteiger partial charge in [0.2, 0.25) is 0 Å².